The van der Waals surface area contributed by atoms with Crippen LogP contribution in [0.2, 0.25) is 5.02 Å². The predicted octanol–water partition coefficient (Wildman–Crippen LogP) is 2.29. The second-order valence-electron chi connectivity index (χ2n) is 4.83. The van der Waals surface area contributed by atoms with Crippen molar-refractivity contribution in [2.45, 2.75) is 31.4 Å². The molecule has 2 rings (SSSR count). The van der Waals surface area contributed by atoms with Crippen LogP contribution in [0.15, 0.2) is 18.2 Å². The van der Waals surface area contributed by atoms with Crippen molar-refractivity contribution in [2.24, 2.45) is 0 Å². The topological polar surface area (TPSA) is 75.6 Å². The second kappa shape index (κ2) is 6.87. The highest BCUT2D eigenvalue weighted by molar-refractivity contribution is 6.30. The third-order valence-electron chi connectivity index (χ3n) is 3.26. The van der Waals surface area contributed by atoms with Gasteiger partial charge in [0.1, 0.15) is 11.9 Å². The maximum atomic E-state index is 13.5. The number of nitrogens with one attached hydrogen (secondary N) is 1. The molecule has 0 radical (unpaired) electrons. The molecule has 0 saturated carbocycles. The largest absolute Gasteiger partial charge is 0.481 e. The number of carboxylic acid groups (broad SMARTS) is 1. The molecule has 1 heterocycles. The van der Waals surface area contributed by atoms with Crippen molar-refractivity contribution in [1.82, 2.24) is 5.32 Å². The van der Waals surface area contributed by atoms with E-state index in [1.54, 1.807) is 0 Å². The minimum absolute atomic E-state index is 0.0572. The molecule has 0 unspecified atom stereocenters. The number of amides is 1. The first kappa shape index (κ1) is 15.7. The van der Waals surface area contributed by atoms with E-state index in [1.165, 1.54) is 12.1 Å². The summed E-state index contributed by atoms with van der Waals surface area (Å²) in [6.07, 6.45) is 0.468. The molecule has 1 amide bonds. The van der Waals surface area contributed by atoms with Gasteiger partial charge in [0.2, 0.25) is 5.91 Å². The standard InChI is InChI=1S/C14H15ClFNO4/c15-9-4-3-8(6-10(9)16)11(7-13(18)19)17-14(20)12-2-1-5-21-12/h3-4,6,11-12H,1-2,5,7H2,(H,17,20)(H,18,19)/t11-,12+/m0/s1. The van der Waals surface area contributed by atoms with Gasteiger partial charge >= 0.3 is 5.97 Å². The molecular weight excluding hydrogens is 301 g/mol. The Balaban J connectivity index is 2.14. The minimum atomic E-state index is -1.09. The second-order valence-corrected chi connectivity index (χ2v) is 5.24. The summed E-state index contributed by atoms with van der Waals surface area (Å²) in [7, 11) is 0. The molecule has 2 atom stereocenters. The zero-order valence-electron chi connectivity index (χ0n) is 11.1. The molecule has 5 nitrogen and oxygen atoms in total. The molecule has 0 bridgehead atoms. The van der Waals surface area contributed by atoms with Crippen molar-refractivity contribution in [3.05, 3.63) is 34.6 Å². The van der Waals surface area contributed by atoms with Crippen LogP contribution in [0.5, 0.6) is 0 Å². The van der Waals surface area contributed by atoms with Crippen LogP contribution < -0.4 is 5.32 Å². The van der Waals surface area contributed by atoms with Crippen molar-refractivity contribution >= 4 is 23.5 Å². The van der Waals surface area contributed by atoms with Gasteiger partial charge in [0, 0.05) is 6.61 Å². The van der Waals surface area contributed by atoms with Gasteiger partial charge in [0.25, 0.3) is 0 Å². The summed E-state index contributed by atoms with van der Waals surface area (Å²) in [5.74, 6) is -2.13. The number of carbonyl (C=O) groups is 2. The van der Waals surface area contributed by atoms with Crippen LogP contribution in [-0.4, -0.2) is 29.7 Å². The molecule has 1 aliphatic rings. The summed E-state index contributed by atoms with van der Waals surface area (Å²) >= 11 is 5.60. The average Bonchev–Trinajstić information content (AvgIpc) is 2.94. The maximum Gasteiger partial charge on any atom is 0.305 e. The van der Waals surface area contributed by atoms with E-state index in [0.717, 1.165) is 12.5 Å². The zero-order valence-corrected chi connectivity index (χ0v) is 11.9. The van der Waals surface area contributed by atoms with Gasteiger partial charge in [-0.3, -0.25) is 9.59 Å². The van der Waals surface area contributed by atoms with E-state index in [-0.39, 0.29) is 17.4 Å². The summed E-state index contributed by atoms with van der Waals surface area (Å²) < 4.78 is 18.7. The first-order chi connectivity index (χ1) is 9.97. The SMILES string of the molecule is O=C(O)C[C@H](NC(=O)[C@H]1CCCO1)c1ccc(Cl)c(F)c1. The third kappa shape index (κ3) is 4.15. The van der Waals surface area contributed by atoms with E-state index in [9.17, 15) is 14.0 Å². The van der Waals surface area contributed by atoms with Gasteiger partial charge in [-0.05, 0) is 30.5 Å². The number of hydrogen-bond acceptors (Lipinski definition) is 3. The van der Waals surface area contributed by atoms with Gasteiger partial charge < -0.3 is 15.2 Å². The lowest BCUT2D eigenvalue weighted by atomic mass is 10.0. The maximum absolute atomic E-state index is 13.5. The van der Waals surface area contributed by atoms with Gasteiger partial charge in [-0.1, -0.05) is 17.7 Å². The lowest BCUT2D eigenvalue weighted by molar-refractivity contribution is -0.138. The highest BCUT2D eigenvalue weighted by Crippen LogP contribution is 2.23. The first-order valence-corrected chi connectivity index (χ1v) is 6.94. The average molecular weight is 316 g/mol. The van der Waals surface area contributed by atoms with Crippen molar-refractivity contribution in [1.29, 1.82) is 0 Å². The summed E-state index contributed by atoms with van der Waals surface area (Å²) in [5, 5.41) is 11.5. The Morgan fingerprint density at radius 1 is 1.52 bits per heavy atom. The molecule has 1 saturated heterocycles. The van der Waals surface area contributed by atoms with Crippen LogP contribution in [-0.2, 0) is 14.3 Å². The highest BCUT2D eigenvalue weighted by atomic mass is 35.5. The van der Waals surface area contributed by atoms with Gasteiger partial charge in [0.05, 0.1) is 17.5 Å². The number of carboxylic acids is 1. The van der Waals surface area contributed by atoms with Crippen molar-refractivity contribution in [3.8, 4) is 0 Å². The fraction of sp³-hybridized carbons (Fsp3) is 0.429. The predicted molar refractivity (Wildman–Crippen MR) is 73.5 cm³/mol. The fourth-order valence-corrected chi connectivity index (χ4v) is 2.32. The van der Waals surface area contributed by atoms with E-state index in [2.05, 4.69) is 5.32 Å². The number of rotatable bonds is 5. The van der Waals surface area contributed by atoms with E-state index in [4.69, 9.17) is 21.4 Å². The summed E-state index contributed by atoms with van der Waals surface area (Å²) in [5.41, 5.74) is 0.352. The van der Waals surface area contributed by atoms with Crippen LogP contribution >= 0.6 is 11.6 Å². The molecule has 0 aromatic heterocycles. The van der Waals surface area contributed by atoms with Crippen molar-refractivity contribution in [3.63, 3.8) is 0 Å². The molecular formula is C14H15ClFNO4. The summed E-state index contributed by atoms with van der Waals surface area (Å²) in [6.45, 7) is 0.511. The van der Waals surface area contributed by atoms with Crippen LogP contribution in [0, 0.1) is 5.82 Å². The number of carbonyl (C=O) groups excluding carboxylic acids is 1. The van der Waals surface area contributed by atoms with Gasteiger partial charge in [-0.25, -0.2) is 4.39 Å². The number of hydrogen-bond donors (Lipinski definition) is 2. The molecule has 1 aromatic carbocycles. The first-order valence-electron chi connectivity index (χ1n) is 6.56. The van der Waals surface area contributed by atoms with Crippen LogP contribution in [0.25, 0.3) is 0 Å². The van der Waals surface area contributed by atoms with Crippen molar-refractivity contribution in [2.75, 3.05) is 6.61 Å². The third-order valence-corrected chi connectivity index (χ3v) is 3.57. The molecule has 0 spiro atoms. The zero-order chi connectivity index (χ0) is 15.4. The molecule has 2 N–H and O–H groups in total. The number of aliphatic carboxylic acids is 1. The summed E-state index contributed by atoms with van der Waals surface area (Å²) in [4.78, 5) is 22.9. The van der Waals surface area contributed by atoms with Crippen LogP contribution in [0.3, 0.4) is 0 Å². The van der Waals surface area contributed by atoms with E-state index in [1.807, 2.05) is 0 Å². The Bertz CT molecular complexity index is 546. The molecule has 114 valence electrons. The Hall–Kier alpha value is -1.66. The van der Waals surface area contributed by atoms with Gasteiger partial charge in [-0.15, -0.1) is 0 Å². The van der Waals surface area contributed by atoms with Crippen molar-refractivity contribution < 1.29 is 23.8 Å². The number of benzene rings is 1. The van der Waals surface area contributed by atoms with Gasteiger partial charge in [0.15, 0.2) is 0 Å². The van der Waals surface area contributed by atoms with Crippen LogP contribution in [0.1, 0.15) is 30.9 Å². The Labute approximate surface area is 126 Å². The molecule has 21 heavy (non-hydrogen) atoms. The Morgan fingerprint density at radius 3 is 2.86 bits per heavy atom. The molecule has 1 fully saturated rings. The fourth-order valence-electron chi connectivity index (χ4n) is 2.21. The molecule has 7 heteroatoms. The smallest absolute Gasteiger partial charge is 0.305 e. The lowest BCUT2D eigenvalue weighted by Crippen LogP contribution is -2.37. The van der Waals surface area contributed by atoms with E-state index in [0.29, 0.717) is 18.6 Å². The lowest BCUT2D eigenvalue weighted by Gasteiger charge is -2.20. The van der Waals surface area contributed by atoms with E-state index >= 15 is 0 Å². The molecule has 1 aliphatic heterocycles. The quantitative estimate of drug-likeness (QED) is 0.874. The van der Waals surface area contributed by atoms with Crippen LogP contribution in [0.4, 0.5) is 4.39 Å². The Kier molecular flexibility index (Phi) is 5.14. The number of halogens is 2. The van der Waals surface area contributed by atoms with Gasteiger partial charge in [-0.2, -0.15) is 0 Å². The molecule has 0 aliphatic carbocycles. The normalized spacial score (nSPS) is 19.2. The van der Waals surface area contributed by atoms with E-state index < -0.39 is 23.9 Å². The molecule has 1 aromatic rings. The monoisotopic (exact) mass is 315 g/mol. The minimum Gasteiger partial charge on any atom is -0.481 e. The summed E-state index contributed by atoms with van der Waals surface area (Å²) in [6, 6.07) is 3.13. The number of ether oxygens (including phenoxy) is 1. The highest BCUT2D eigenvalue weighted by Gasteiger charge is 2.27. The Morgan fingerprint density at radius 2 is 2.29 bits per heavy atom.